The fourth-order valence-electron chi connectivity index (χ4n) is 4.15. The van der Waals surface area contributed by atoms with Gasteiger partial charge in [0, 0.05) is 13.1 Å². The molecule has 2 aliphatic rings. The number of nitrogens with zero attached hydrogens (tertiary/aromatic N) is 1. The van der Waals surface area contributed by atoms with Gasteiger partial charge in [-0.05, 0) is 60.4 Å². The lowest BCUT2D eigenvalue weighted by molar-refractivity contribution is -0.148. The van der Waals surface area contributed by atoms with Gasteiger partial charge >= 0.3 is 12.4 Å². The average molecular weight is 516 g/mol. The zero-order valence-electron chi connectivity index (χ0n) is 18.8. The van der Waals surface area contributed by atoms with Crippen LogP contribution in [0.5, 0.6) is 5.75 Å². The zero-order chi connectivity index (χ0) is 26.1. The summed E-state index contributed by atoms with van der Waals surface area (Å²) in [4.78, 5) is 26.4. The Morgan fingerprint density at radius 1 is 0.917 bits per heavy atom. The third-order valence-corrected chi connectivity index (χ3v) is 6.04. The number of fused-ring (bicyclic) bond motifs is 1. The Hall–Kier alpha value is -3.28. The van der Waals surface area contributed by atoms with Crippen LogP contribution in [0.2, 0.25) is 0 Å². The molecule has 0 aromatic heterocycles. The lowest BCUT2D eigenvalue weighted by atomic mass is 10.0. The molecule has 4 rings (SSSR count). The minimum absolute atomic E-state index is 0.0570. The second kappa shape index (κ2) is 10.00. The highest BCUT2D eigenvalue weighted by Gasteiger charge is 2.36. The second-order valence-electron chi connectivity index (χ2n) is 8.65. The summed E-state index contributed by atoms with van der Waals surface area (Å²) in [7, 11) is 0. The van der Waals surface area contributed by atoms with Crippen LogP contribution in [0.25, 0.3) is 0 Å². The van der Waals surface area contributed by atoms with Crippen molar-refractivity contribution < 1.29 is 45.4 Å². The number of halogens is 6. The Labute approximate surface area is 202 Å². The van der Waals surface area contributed by atoms with Crippen molar-refractivity contribution >= 4 is 11.8 Å². The summed E-state index contributed by atoms with van der Waals surface area (Å²) in [5.74, 6) is -0.712. The molecule has 0 saturated carbocycles. The van der Waals surface area contributed by atoms with Crippen molar-refractivity contribution in [2.45, 2.75) is 50.4 Å². The molecule has 2 aromatic rings. The van der Waals surface area contributed by atoms with Crippen LogP contribution < -0.4 is 10.1 Å². The van der Waals surface area contributed by atoms with Gasteiger partial charge in [0.2, 0.25) is 0 Å². The molecule has 2 aromatic carbocycles. The van der Waals surface area contributed by atoms with E-state index < -0.39 is 42.1 Å². The molecule has 0 radical (unpaired) electrons. The van der Waals surface area contributed by atoms with E-state index in [9.17, 15) is 35.9 Å². The van der Waals surface area contributed by atoms with E-state index in [0.29, 0.717) is 24.0 Å². The number of benzene rings is 2. The minimum atomic E-state index is -4.47. The van der Waals surface area contributed by atoms with Gasteiger partial charge in [0.05, 0.1) is 23.8 Å². The Morgan fingerprint density at radius 2 is 1.56 bits per heavy atom. The number of hydrogen-bond acceptors (Lipinski definition) is 4. The first kappa shape index (κ1) is 25.8. The molecule has 2 atom stereocenters. The van der Waals surface area contributed by atoms with Crippen LogP contribution in [-0.4, -0.2) is 42.1 Å². The number of ether oxygens (including phenoxy) is 2. The monoisotopic (exact) mass is 516 g/mol. The molecule has 36 heavy (non-hydrogen) atoms. The summed E-state index contributed by atoms with van der Waals surface area (Å²) in [6.45, 7) is -0.0787. The van der Waals surface area contributed by atoms with E-state index >= 15 is 0 Å². The molecule has 0 aliphatic carbocycles. The third kappa shape index (κ3) is 6.10. The van der Waals surface area contributed by atoms with E-state index in [1.807, 2.05) is 0 Å². The van der Waals surface area contributed by atoms with Gasteiger partial charge < -0.3 is 19.7 Å². The molecule has 0 bridgehead atoms. The fraction of sp³-hybridized carbons (Fsp3) is 0.417. The Kier molecular flexibility index (Phi) is 7.17. The normalized spacial score (nSPS) is 20.1. The van der Waals surface area contributed by atoms with Crippen molar-refractivity contribution in [2.75, 3.05) is 13.2 Å². The number of rotatable bonds is 5. The molecule has 1 fully saturated rings. The van der Waals surface area contributed by atoms with Crippen molar-refractivity contribution in [1.29, 1.82) is 0 Å². The quantitative estimate of drug-likeness (QED) is 0.602. The Morgan fingerprint density at radius 3 is 2.17 bits per heavy atom. The third-order valence-electron chi connectivity index (χ3n) is 6.04. The van der Waals surface area contributed by atoms with Gasteiger partial charge in [-0.15, -0.1) is 0 Å². The van der Waals surface area contributed by atoms with E-state index in [2.05, 4.69) is 5.32 Å². The van der Waals surface area contributed by atoms with Gasteiger partial charge in [-0.2, -0.15) is 26.3 Å². The molecule has 1 N–H and O–H groups in total. The first-order valence-electron chi connectivity index (χ1n) is 11.1. The number of nitrogens with one attached hydrogen (secondary N) is 1. The summed E-state index contributed by atoms with van der Waals surface area (Å²) in [5.41, 5.74) is -0.477. The SMILES string of the molecule is O=C(COc1ccc(C(F)(F)F)cc1)N[C@@H]1CC[C@@H](C(=O)N2Cc3ccc(C(F)(F)F)cc3C2)OC1. The maximum atomic E-state index is 12.9. The summed E-state index contributed by atoms with van der Waals surface area (Å²) in [6, 6.07) is 7.00. The first-order chi connectivity index (χ1) is 16.9. The number of carbonyl (C=O) groups excluding carboxylic acids is 2. The molecule has 194 valence electrons. The number of hydrogen-bond donors (Lipinski definition) is 1. The Bertz CT molecular complexity index is 1110. The van der Waals surface area contributed by atoms with Gasteiger partial charge in [0.1, 0.15) is 11.9 Å². The maximum Gasteiger partial charge on any atom is 0.416 e. The molecule has 0 spiro atoms. The highest BCUT2D eigenvalue weighted by Crippen LogP contribution is 2.34. The number of alkyl halides is 6. The molecule has 12 heteroatoms. The summed E-state index contributed by atoms with van der Waals surface area (Å²) >= 11 is 0. The first-order valence-corrected chi connectivity index (χ1v) is 11.1. The van der Waals surface area contributed by atoms with Gasteiger partial charge in [-0.25, -0.2) is 0 Å². The predicted octanol–water partition coefficient (Wildman–Crippen LogP) is 4.31. The lowest BCUT2D eigenvalue weighted by Gasteiger charge is -2.31. The standard InChI is InChI=1S/C24H22F6N2O4/c25-23(26,27)16-3-6-19(7-4-16)35-13-21(33)31-18-5-8-20(36-12-18)22(34)32-10-14-1-2-17(24(28,29)30)9-15(14)11-32/h1-4,6-7,9,18,20H,5,8,10-13H2,(H,31,33)/t18-,20+/m1/s1. The fourth-order valence-corrected chi connectivity index (χ4v) is 4.15. The smallest absolute Gasteiger partial charge is 0.416 e. The zero-order valence-corrected chi connectivity index (χ0v) is 18.8. The van der Waals surface area contributed by atoms with Gasteiger partial charge in [-0.3, -0.25) is 9.59 Å². The van der Waals surface area contributed by atoms with Gasteiger partial charge in [0.25, 0.3) is 11.8 Å². The van der Waals surface area contributed by atoms with Crippen LogP contribution >= 0.6 is 0 Å². The maximum absolute atomic E-state index is 12.9. The van der Waals surface area contributed by atoms with Crippen molar-refractivity contribution in [3.63, 3.8) is 0 Å². The Balaban J connectivity index is 1.21. The van der Waals surface area contributed by atoms with Gasteiger partial charge in [0.15, 0.2) is 6.61 Å². The van der Waals surface area contributed by atoms with Crippen LogP contribution in [0.4, 0.5) is 26.3 Å². The molecule has 2 aliphatic heterocycles. The largest absolute Gasteiger partial charge is 0.484 e. The van der Waals surface area contributed by atoms with E-state index in [0.717, 1.165) is 36.4 Å². The topological polar surface area (TPSA) is 67.9 Å². The van der Waals surface area contributed by atoms with Crippen molar-refractivity contribution in [3.05, 3.63) is 64.7 Å². The van der Waals surface area contributed by atoms with Crippen molar-refractivity contribution in [1.82, 2.24) is 10.2 Å². The van der Waals surface area contributed by atoms with E-state index in [-0.39, 0.29) is 37.4 Å². The molecular formula is C24H22F6N2O4. The van der Waals surface area contributed by atoms with Crippen molar-refractivity contribution in [3.8, 4) is 5.75 Å². The summed E-state index contributed by atoms with van der Waals surface area (Å²) in [5, 5.41) is 2.69. The van der Waals surface area contributed by atoms with E-state index in [1.54, 1.807) is 0 Å². The van der Waals surface area contributed by atoms with Crippen LogP contribution in [0.15, 0.2) is 42.5 Å². The van der Waals surface area contributed by atoms with E-state index in [1.165, 1.54) is 11.0 Å². The average Bonchev–Trinajstić information content (AvgIpc) is 3.25. The highest BCUT2D eigenvalue weighted by atomic mass is 19.4. The molecule has 0 unspecified atom stereocenters. The molecule has 1 saturated heterocycles. The highest BCUT2D eigenvalue weighted by molar-refractivity contribution is 5.82. The lowest BCUT2D eigenvalue weighted by Crippen LogP contribution is -2.48. The second-order valence-corrected chi connectivity index (χ2v) is 8.65. The summed E-state index contributed by atoms with van der Waals surface area (Å²) < 4.78 is 87.4. The molecule has 2 amide bonds. The van der Waals surface area contributed by atoms with Crippen LogP contribution in [0.3, 0.4) is 0 Å². The number of carbonyl (C=O) groups is 2. The van der Waals surface area contributed by atoms with Gasteiger partial charge in [-0.1, -0.05) is 6.07 Å². The van der Waals surface area contributed by atoms with Crippen LogP contribution in [0, 0.1) is 0 Å². The van der Waals surface area contributed by atoms with Crippen LogP contribution in [-0.2, 0) is 39.8 Å². The molecular weight excluding hydrogens is 494 g/mol. The summed E-state index contributed by atoms with van der Waals surface area (Å²) in [6.07, 6.45) is -8.95. The number of amides is 2. The molecule has 6 nitrogen and oxygen atoms in total. The van der Waals surface area contributed by atoms with Crippen molar-refractivity contribution in [2.24, 2.45) is 0 Å². The predicted molar refractivity (Wildman–Crippen MR) is 114 cm³/mol. The van der Waals surface area contributed by atoms with Crippen LogP contribution in [0.1, 0.15) is 35.1 Å². The molecule has 2 heterocycles. The van der Waals surface area contributed by atoms with E-state index in [4.69, 9.17) is 9.47 Å². The minimum Gasteiger partial charge on any atom is -0.484 e.